The van der Waals surface area contributed by atoms with Gasteiger partial charge in [-0.05, 0) is 62.2 Å². The maximum atomic E-state index is 12.5. The van der Waals surface area contributed by atoms with Crippen LogP contribution in [0.25, 0.3) is 0 Å². The first-order valence-corrected chi connectivity index (χ1v) is 10.4. The second-order valence-electron chi connectivity index (χ2n) is 6.52. The number of carbonyl (C=O) groups is 1. The van der Waals surface area contributed by atoms with Crippen LogP contribution in [0.2, 0.25) is 0 Å². The van der Waals surface area contributed by atoms with E-state index in [2.05, 4.69) is 5.32 Å². The third-order valence-electron chi connectivity index (χ3n) is 4.47. The average molecular weight is 399 g/mol. The molecule has 8 heteroatoms. The van der Waals surface area contributed by atoms with E-state index in [1.807, 2.05) is 6.07 Å². The van der Waals surface area contributed by atoms with E-state index >= 15 is 0 Å². The van der Waals surface area contributed by atoms with Crippen molar-refractivity contribution >= 4 is 21.6 Å². The van der Waals surface area contributed by atoms with Crippen LogP contribution in [0.4, 0.5) is 5.69 Å². The zero-order chi connectivity index (χ0) is 20.1. The Kier molecular flexibility index (Phi) is 5.97. The number of hydrogen-bond acceptors (Lipinski definition) is 5. The molecule has 0 radical (unpaired) electrons. The van der Waals surface area contributed by atoms with Crippen LogP contribution in [0.5, 0.6) is 5.75 Å². The number of rotatable bonds is 6. The number of nitrogens with one attached hydrogen (secondary N) is 1. The molecule has 7 nitrogen and oxygen atoms in total. The van der Waals surface area contributed by atoms with Crippen molar-refractivity contribution in [3.8, 4) is 11.8 Å². The summed E-state index contributed by atoms with van der Waals surface area (Å²) in [5, 5.41) is 11.6. The van der Waals surface area contributed by atoms with Crippen molar-refractivity contribution in [2.75, 3.05) is 18.4 Å². The molecule has 3 rings (SSSR count). The van der Waals surface area contributed by atoms with E-state index in [9.17, 15) is 13.2 Å². The van der Waals surface area contributed by atoms with Crippen LogP contribution >= 0.6 is 0 Å². The van der Waals surface area contributed by atoms with Crippen LogP contribution < -0.4 is 10.1 Å². The van der Waals surface area contributed by atoms with Crippen molar-refractivity contribution in [1.82, 2.24) is 4.31 Å². The number of amides is 1. The minimum Gasteiger partial charge on any atom is -0.481 e. The Morgan fingerprint density at radius 2 is 1.86 bits per heavy atom. The van der Waals surface area contributed by atoms with Crippen molar-refractivity contribution < 1.29 is 17.9 Å². The van der Waals surface area contributed by atoms with Crippen molar-refractivity contribution in [3.05, 3.63) is 54.1 Å². The van der Waals surface area contributed by atoms with Crippen LogP contribution in [-0.4, -0.2) is 37.8 Å². The number of hydrogen-bond donors (Lipinski definition) is 1. The molecule has 0 spiro atoms. The summed E-state index contributed by atoms with van der Waals surface area (Å²) in [7, 11) is -3.48. The molecule has 1 fully saturated rings. The summed E-state index contributed by atoms with van der Waals surface area (Å²) < 4.78 is 32.1. The summed E-state index contributed by atoms with van der Waals surface area (Å²) in [6, 6.07) is 14.7. The molecule has 0 aliphatic carbocycles. The highest BCUT2D eigenvalue weighted by Gasteiger charge is 2.27. The molecule has 0 unspecified atom stereocenters. The Bertz CT molecular complexity index is 991. The van der Waals surface area contributed by atoms with Crippen LogP contribution in [-0.2, 0) is 14.8 Å². The van der Waals surface area contributed by atoms with Crippen LogP contribution in [0.1, 0.15) is 25.3 Å². The molecular weight excluding hydrogens is 378 g/mol. The molecule has 2 aromatic carbocycles. The molecule has 1 N–H and O–H groups in total. The monoisotopic (exact) mass is 399 g/mol. The molecule has 1 amide bonds. The summed E-state index contributed by atoms with van der Waals surface area (Å²) in [4.78, 5) is 12.5. The first kappa shape index (κ1) is 19.9. The highest BCUT2D eigenvalue weighted by atomic mass is 32.2. The number of nitriles is 1. The minimum absolute atomic E-state index is 0.213. The normalized spacial score (nSPS) is 15.6. The van der Waals surface area contributed by atoms with Gasteiger partial charge >= 0.3 is 0 Å². The summed E-state index contributed by atoms with van der Waals surface area (Å²) in [6.07, 6.45) is 0.965. The Labute approximate surface area is 164 Å². The van der Waals surface area contributed by atoms with Crippen molar-refractivity contribution in [2.45, 2.75) is 30.8 Å². The summed E-state index contributed by atoms with van der Waals surface area (Å²) in [5.41, 5.74) is 0.923. The van der Waals surface area contributed by atoms with E-state index in [1.165, 1.54) is 16.4 Å². The predicted molar refractivity (Wildman–Crippen MR) is 104 cm³/mol. The number of nitrogens with zero attached hydrogens (tertiary/aromatic N) is 2. The molecule has 28 heavy (non-hydrogen) atoms. The SMILES string of the molecule is C[C@@H](Oc1cccc(C#N)c1)C(=O)Nc1ccc(S(=O)(=O)N2CCCC2)cc1. The molecule has 1 saturated heterocycles. The van der Waals surface area contributed by atoms with E-state index < -0.39 is 16.1 Å². The van der Waals surface area contributed by atoms with Crippen molar-refractivity contribution in [1.29, 1.82) is 5.26 Å². The van der Waals surface area contributed by atoms with Gasteiger partial charge in [-0.2, -0.15) is 9.57 Å². The standard InChI is InChI=1S/C20H21N3O4S/c1-15(27-18-6-4-5-16(13-18)14-21)20(24)22-17-7-9-19(10-8-17)28(25,26)23-11-2-3-12-23/h4-10,13,15H,2-3,11-12H2,1H3,(H,22,24)/t15-/m1/s1. The van der Waals surface area contributed by atoms with E-state index in [1.54, 1.807) is 43.3 Å². The Balaban J connectivity index is 1.63. The first-order valence-electron chi connectivity index (χ1n) is 8.98. The summed E-state index contributed by atoms with van der Waals surface area (Å²) in [5.74, 6) is 0.0475. The molecule has 1 atom stereocenters. The fourth-order valence-corrected chi connectivity index (χ4v) is 4.45. The van der Waals surface area contributed by atoms with Crippen molar-refractivity contribution in [2.24, 2.45) is 0 Å². The minimum atomic E-state index is -3.48. The second kappa shape index (κ2) is 8.42. The van der Waals surface area contributed by atoms with Gasteiger partial charge < -0.3 is 10.1 Å². The molecule has 1 aliphatic rings. The van der Waals surface area contributed by atoms with Gasteiger partial charge in [0, 0.05) is 18.8 Å². The third kappa shape index (κ3) is 4.50. The molecule has 0 saturated carbocycles. The van der Waals surface area contributed by atoms with Gasteiger partial charge in [-0.3, -0.25) is 4.79 Å². The van der Waals surface area contributed by atoms with Gasteiger partial charge in [-0.25, -0.2) is 8.42 Å². The topological polar surface area (TPSA) is 99.5 Å². The van der Waals surface area contributed by atoms with Gasteiger partial charge in [-0.1, -0.05) is 6.07 Å². The Morgan fingerprint density at radius 3 is 2.50 bits per heavy atom. The van der Waals surface area contributed by atoms with E-state index in [4.69, 9.17) is 10.00 Å². The van der Waals surface area contributed by atoms with Gasteiger partial charge in [0.1, 0.15) is 5.75 Å². The van der Waals surface area contributed by atoms with Gasteiger partial charge in [-0.15, -0.1) is 0 Å². The highest BCUT2D eigenvalue weighted by molar-refractivity contribution is 7.89. The van der Waals surface area contributed by atoms with Gasteiger partial charge in [0.2, 0.25) is 10.0 Å². The molecule has 2 aromatic rings. The predicted octanol–water partition coefficient (Wildman–Crippen LogP) is 2.75. The molecule has 0 aromatic heterocycles. The summed E-state index contributed by atoms with van der Waals surface area (Å²) >= 11 is 0. The Hall–Kier alpha value is -2.89. The van der Waals surface area contributed by atoms with Gasteiger partial charge in [0.25, 0.3) is 5.91 Å². The van der Waals surface area contributed by atoms with Crippen molar-refractivity contribution in [3.63, 3.8) is 0 Å². The lowest BCUT2D eigenvalue weighted by atomic mass is 10.2. The lowest BCUT2D eigenvalue weighted by molar-refractivity contribution is -0.122. The maximum Gasteiger partial charge on any atom is 0.265 e. The number of ether oxygens (including phenoxy) is 1. The molecular formula is C20H21N3O4S. The Morgan fingerprint density at radius 1 is 1.18 bits per heavy atom. The summed E-state index contributed by atoms with van der Waals surface area (Å²) in [6.45, 7) is 2.69. The average Bonchev–Trinajstić information content (AvgIpc) is 3.24. The van der Waals surface area contributed by atoms with Crippen LogP contribution in [0, 0.1) is 11.3 Å². The largest absolute Gasteiger partial charge is 0.481 e. The zero-order valence-corrected chi connectivity index (χ0v) is 16.3. The van der Waals surface area contributed by atoms with E-state index in [0.717, 1.165) is 12.8 Å². The maximum absolute atomic E-state index is 12.5. The zero-order valence-electron chi connectivity index (χ0n) is 15.5. The van der Waals surface area contributed by atoms with Gasteiger partial charge in [0.05, 0.1) is 16.5 Å². The first-order chi connectivity index (χ1) is 13.4. The quantitative estimate of drug-likeness (QED) is 0.805. The van der Waals surface area contributed by atoms with Crippen LogP contribution in [0.3, 0.4) is 0 Å². The molecule has 146 valence electrons. The fourth-order valence-electron chi connectivity index (χ4n) is 2.93. The molecule has 0 bridgehead atoms. The lowest BCUT2D eigenvalue weighted by Crippen LogP contribution is -2.30. The number of sulfonamides is 1. The smallest absolute Gasteiger partial charge is 0.265 e. The van der Waals surface area contributed by atoms with Crippen LogP contribution in [0.15, 0.2) is 53.4 Å². The molecule has 1 heterocycles. The van der Waals surface area contributed by atoms with E-state index in [0.29, 0.717) is 30.1 Å². The number of benzene rings is 2. The molecule has 1 aliphatic heterocycles. The second-order valence-corrected chi connectivity index (χ2v) is 8.46. The number of anilines is 1. The van der Waals surface area contributed by atoms with Gasteiger partial charge in [0.15, 0.2) is 6.10 Å². The highest BCUT2D eigenvalue weighted by Crippen LogP contribution is 2.22. The lowest BCUT2D eigenvalue weighted by Gasteiger charge is -2.17. The number of carbonyl (C=O) groups excluding carboxylic acids is 1. The third-order valence-corrected chi connectivity index (χ3v) is 6.38. The van der Waals surface area contributed by atoms with E-state index in [-0.39, 0.29) is 10.8 Å². The fraction of sp³-hybridized carbons (Fsp3) is 0.300.